The molecular weight excluding hydrogens is 284 g/mol. The molecule has 0 saturated heterocycles. The van der Waals surface area contributed by atoms with Crippen molar-refractivity contribution in [1.29, 1.82) is 0 Å². The Morgan fingerprint density at radius 1 is 1.19 bits per heavy atom. The summed E-state index contributed by atoms with van der Waals surface area (Å²) in [5, 5.41) is 0. The van der Waals surface area contributed by atoms with Gasteiger partial charge >= 0.3 is 0 Å². The van der Waals surface area contributed by atoms with Gasteiger partial charge in [0.2, 0.25) is 10.0 Å². The van der Waals surface area contributed by atoms with Crippen molar-refractivity contribution in [3.63, 3.8) is 0 Å². The van der Waals surface area contributed by atoms with Crippen LogP contribution >= 0.6 is 0 Å². The van der Waals surface area contributed by atoms with Crippen molar-refractivity contribution in [1.82, 2.24) is 4.72 Å². The molecule has 0 aromatic heterocycles. The van der Waals surface area contributed by atoms with Gasteiger partial charge in [-0.15, -0.1) is 0 Å². The molecule has 1 aliphatic rings. The van der Waals surface area contributed by atoms with Crippen molar-refractivity contribution in [2.75, 3.05) is 6.54 Å². The Bertz CT molecular complexity index is 540. The van der Waals surface area contributed by atoms with E-state index in [0.29, 0.717) is 11.4 Å². The first-order valence-electron chi connectivity index (χ1n) is 7.87. The van der Waals surface area contributed by atoms with Crippen LogP contribution in [-0.4, -0.2) is 21.0 Å². The minimum Gasteiger partial charge on any atom is -0.327 e. The Morgan fingerprint density at radius 3 is 2.48 bits per heavy atom. The van der Waals surface area contributed by atoms with Gasteiger partial charge in [-0.25, -0.2) is 13.1 Å². The van der Waals surface area contributed by atoms with E-state index in [4.69, 9.17) is 5.73 Å². The molecule has 3 N–H and O–H groups in total. The van der Waals surface area contributed by atoms with Crippen molar-refractivity contribution in [3.8, 4) is 0 Å². The molecule has 4 nitrogen and oxygen atoms in total. The first-order chi connectivity index (χ1) is 10.0. The maximum atomic E-state index is 12.3. The fraction of sp³-hybridized carbons (Fsp3) is 0.625. The first kappa shape index (κ1) is 16.5. The van der Waals surface area contributed by atoms with Crippen LogP contribution in [0, 0.1) is 5.92 Å². The Hall–Kier alpha value is -0.910. The second-order valence-electron chi connectivity index (χ2n) is 5.95. The predicted molar refractivity (Wildman–Crippen MR) is 85.6 cm³/mol. The summed E-state index contributed by atoms with van der Waals surface area (Å²) >= 11 is 0. The molecule has 21 heavy (non-hydrogen) atoms. The molecule has 2 unspecified atom stereocenters. The van der Waals surface area contributed by atoms with Crippen molar-refractivity contribution in [2.45, 2.75) is 56.4 Å². The van der Waals surface area contributed by atoms with Gasteiger partial charge in [-0.05, 0) is 42.9 Å². The van der Waals surface area contributed by atoms with Crippen LogP contribution in [0.3, 0.4) is 0 Å². The molecule has 1 aromatic rings. The smallest absolute Gasteiger partial charge is 0.240 e. The maximum Gasteiger partial charge on any atom is 0.240 e. The molecule has 0 bridgehead atoms. The number of aryl methyl sites for hydroxylation is 1. The molecule has 0 heterocycles. The lowest BCUT2D eigenvalue weighted by Gasteiger charge is -2.28. The zero-order valence-electron chi connectivity index (χ0n) is 12.7. The van der Waals surface area contributed by atoms with Crippen molar-refractivity contribution < 1.29 is 8.42 Å². The molecule has 1 saturated carbocycles. The Morgan fingerprint density at radius 2 is 1.86 bits per heavy atom. The minimum absolute atomic E-state index is 0.119. The van der Waals surface area contributed by atoms with Gasteiger partial charge in [0.25, 0.3) is 0 Å². The molecule has 118 valence electrons. The second kappa shape index (κ2) is 7.38. The molecular formula is C16H26N2O2S. The third-order valence-corrected chi connectivity index (χ3v) is 5.72. The van der Waals surface area contributed by atoms with Gasteiger partial charge in [0.15, 0.2) is 0 Å². The molecule has 0 radical (unpaired) electrons. The SMILES string of the molecule is CCCc1ccc(S(=O)(=O)NCC2CCCCC2N)cc1. The minimum atomic E-state index is -3.42. The van der Waals surface area contributed by atoms with E-state index in [0.717, 1.165) is 38.5 Å². The highest BCUT2D eigenvalue weighted by Gasteiger charge is 2.24. The summed E-state index contributed by atoms with van der Waals surface area (Å²) in [7, 11) is -3.42. The molecule has 1 aliphatic carbocycles. The standard InChI is InChI=1S/C16H26N2O2S/c1-2-5-13-8-10-15(11-9-13)21(19,20)18-12-14-6-3-4-7-16(14)17/h8-11,14,16,18H,2-7,12,17H2,1H3. The lowest BCUT2D eigenvalue weighted by molar-refractivity contribution is 0.308. The van der Waals surface area contributed by atoms with E-state index >= 15 is 0 Å². The number of hydrogen-bond acceptors (Lipinski definition) is 3. The molecule has 1 fully saturated rings. The summed E-state index contributed by atoms with van der Waals surface area (Å²) in [6, 6.07) is 7.28. The van der Waals surface area contributed by atoms with Gasteiger partial charge in [-0.2, -0.15) is 0 Å². The predicted octanol–water partition coefficient (Wildman–Crippen LogP) is 2.43. The van der Waals surface area contributed by atoms with E-state index < -0.39 is 10.0 Å². The average Bonchev–Trinajstić information content (AvgIpc) is 2.47. The quantitative estimate of drug-likeness (QED) is 0.847. The van der Waals surface area contributed by atoms with Gasteiger partial charge in [0.05, 0.1) is 4.90 Å². The first-order valence-corrected chi connectivity index (χ1v) is 9.35. The van der Waals surface area contributed by atoms with Crippen LogP contribution in [0.5, 0.6) is 0 Å². The summed E-state index contributed by atoms with van der Waals surface area (Å²) < 4.78 is 27.3. The van der Waals surface area contributed by atoms with Crippen molar-refractivity contribution in [2.24, 2.45) is 11.7 Å². The van der Waals surface area contributed by atoms with Gasteiger partial charge in [0.1, 0.15) is 0 Å². The van der Waals surface area contributed by atoms with Gasteiger partial charge in [-0.3, -0.25) is 0 Å². The van der Waals surface area contributed by atoms with E-state index in [9.17, 15) is 8.42 Å². The molecule has 2 atom stereocenters. The summed E-state index contributed by atoms with van der Waals surface area (Å²) in [4.78, 5) is 0.340. The summed E-state index contributed by atoms with van der Waals surface area (Å²) in [6.07, 6.45) is 6.35. The van der Waals surface area contributed by atoms with Crippen LogP contribution in [0.1, 0.15) is 44.6 Å². The molecule has 0 amide bonds. The van der Waals surface area contributed by atoms with Gasteiger partial charge in [0, 0.05) is 12.6 Å². The highest BCUT2D eigenvalue weighted by molar-refractivity contribution is 7.89. The second-order valence-corrected chi connectivity index (χ2v) is 7.72. The number of hydrogen-bond donors (Lipinski definition) is 2. The van der Waals surface area contributed by atoms with E-state index in [1.54, 1.807) is 12.1 Å². The Balaban J connectivity index is 1.97. The number of benzene rings is 1. The lowest BCUT2D eigenvalue weighted by Crippen LogP contribution is -2.41. The highest BCUT2D eigenvalue weighted by Crippen LogP contribution is 2.22. The number of nitrogens with one attached hydrogen (secondary N) is 1. The zero-order valence-corrected chi connectivity index (χ0v) is 13.5. The molecule has 2 rings (SSSR count). The van der Waals surface area contributed by atoms with E-state index in [1.807, 2.05) is 12.1 Å². The maximum absolute atomic E-state index is 12.3. The third-order valence-electron chi connectivity index (χ3n) is 4.28. The highest BCUT2D eigenvalue weighted by atomic mass is 32.2. The lowest BCUT2D eigenvalue weighted by atomic mass is 9.85. The monoisotopic (exact) mass is 310 g/mol. The Kier molecular flexibility index (Phi) is 5.79. The molecule has 5 heteroatoms. The van der Waals surface area contributed by atoms with Crippen molar-refractivity contribution >= 4 is 10.0 Å². The van der Waals surface area contributed by atoms with Crippen LogP contribution in [0.2, 0.25) is 0 Å². The van der Waals surface area contributed by atoms with Crippen LogP contribution in [-0.2, 0) is 16.4 Å². The third kappa shape index (κ3) is 4.53. The van der Waals surface area contributed by atoms with E-state index in [1.165, 1.54) is 5.56 Å². The number of nitrogens with two attached hydrogens (primary N) is 1. The zero-order chi connectivity index (χ0) is 15.3. The molecule has 0 aliphatic heterocycles. The topological polar surface area (TPSA) is 72.2 Å². The molecule has 1 aromatic carbocycles. The van der Waals surface area contributed by atoms with Crippen LogP contribution in [0.4, 0.5) is 0 Å². The normalized spacial score (nSPS) is 23.1. The van der Waals surface area contributed by atoms with Crippen LogP contribution in [0.15, 0.2) is 29.2 Å². The van der Waals surface area contributed by atoms with Crippen LogP contribution < -0.4 is 10.5 Å². The number of rotatable bonds is 6. The largest absolute Gasteiger partial charge is 0.327 e. The van der Waals surface area contributed by atoms with E-state index in [-0.39, 0.29) is 12.0 Å². The van der Waals surface area contributed by atoms with Crippen LogP contribution in [0.25, 0.3) is 0 Å². The van der Waals surface area contributed by atoms with Gasteiger partial charge < -0.3 is 5.73 Å². The fourth-order valence-electron chi connectivity index (χ4n) is 2.91. The van der Waals surface area contributed by atoms with Gasteiger partial charge in [-0.1, -0.05) is 38.3 Å². The average molecular weight is 310 g/mol. The van der Waals surface area contributed by atoms with Crippen molar-refractivity contribution in [3.05, 3.63) is 29.8 Å². The molecule has 0 spiro atoms. The summed E-state index contributed by atoms with van der Waals surface area (Å²) in [6.45, 7) is 2.56. The summed E-state index contributed by atoms with van der Waals surface area (Å²) in [5.74, 6) is 0.257. The fourth-order valence-corrected chi connectivity index (χ4v) is 4.01. The summed E-state index contributed by atoms with van der Waals surface area (Å²) in [5.41, 5.74) is 7.24. The Labute approximate surface area is 128 Å². The van der Waals surface area contributed by atoms with E-state index in [2.05, 4.69) is 11.6 Å². The number of sulfonamides is 1.